The monoisotopic (exact) mass is 140 g/mol. The second kappa shape index (κ2) is 2.60. The van der Waals surface area contributed by atoms with Crippen molar-refractivity contribution in [2.75, 3.05) is 0 Å². The molecule has 58 valence electrons. The van der Waals surface area contributed by atoms with Gasteiger partial charge in [0.15, 0.2) is 0 Å². The van der Waals surface area contributed by atoms with Crippen LogP contribution in [-0.4, -0.2) is 12.3 Å². The molecule has 0 aromatic heterocycles. The average Bonchev–Trinajstić information content (AvgIpc) is 2.45. The minimum Gasteiger partial charge on any atom is -0.307 e. The summed E-state index contributed by atoms with van der Waals surface area (Å²) < 4.78 is 0. The van der Waals surface area contributed by atoms with Crippen molar-refractivity contribution in [2.24, 2.45) is 10.5 Å². The molecule has 2 heteroatoms. The van der Waals surface area contributed by atoms with Crippen molar-refractivity contribution in [1.29, 1.82) is 0 Å². The first-order valence-corrected chi connectivity index (χ1v) is 3.88. The lowest BCUT2D eigenvalue weighted by Crippen LogP contribution is -2.13. The topological polar surface area (TPSA) is 24.4 Å². The highest BCUT2D eigenvalue weighted by molar-refractivity contribution is 5.63. The summed E-state index contributed by atoms with van der Waals surface area (Å²) >= 11 is 0. The maximum atomic E-state index is 4.13. The first-order valence-electron chi connectivity index (χ1n) is 3.88. The minimum absolute atomic E-state index is 0.210. The average molecular weight is 140 g/mol. The summed E-state index contributed by atoms with van der Waals surface area (Å²) in [6.45, 7) is 6.43. The quantitative estimate of drug-likeness (QED) is 0.459. The van der Waals surface area contributed by atoms with Crippen molar-refractivity contribution >= 4 is 6.21 Å². The van der Waals surface area contributed by atoms with Gasteiger partial charge in [-0.25, -0.2) is 0 Å². The molecule has 0 bridgehead atoms. The highest BCUT2D eigenvalue weighted by Crippen LogP contribution is 2.18. The predicted octanol–water partition coefficient (Wildman–Crippen LogP) is 1.77. The van der Waals surface area contributed by atoms with Crippen LogP contribution >= 0.6 is 0 Å². The van der Waals surface area contributed by atoms with Gasteiger partial charge in [0.25, 0.3) is 0 Å². The molecule has 1 aliphatic rings. The molecule has 0 atom stereocenters. The zero-order valence-electron chi connectivity index (χ0n) is 7.02. The van der Waals surface area contributed by atoms with Crippen LogP contribution in [0.15, 0.2) is 5.10 Å². The molecule has 0 amide bonds. The molecule has 0 unspecified atom stereocenters. The molecule has 0 radical (unpaired) electrons. The Labute approximate surface area is 62.7 Å². The zero-order valence-corrected chi connectivity index (χ0v) is 7.02. The molecule has 0 heterocycles. The number of hydrogen-bond acceptors (Lipinski definition) is 2. The van der Waals surface area contributed by atoms with Gasteiger partial charge in [0.2, 0.25) is 0 Å². The third-order valence-corrected chi connectivity index (χ3v) is 1.29. The van der Waals surface area contributed by atoms with Crippen LogP contribution in [-0.2, 0) is 0 Å². The summed E-state index contributed by atoms with van der Waals surface area (Å²) in [7, 11) is 0. The molecule has 0 spiro atoms. The van der Waals surface area contributed by atoms with Gasteiger partial charge in [-0.05, 0) is 18.3 Å². The smallest absolute Gasteiger partial charge is 0.0441 e. The fourth-order valence-corrected chi connectivity index (χ4v) is 0.549. The predicted molar refractivity (Wildman–Crippen MR) is 44.1 cm³/mol. The maximum Gasteiger partial charge on any atom is 0.0441 e. The second-order valence-electron chi connectivity index (χ2n) is 4.03. The van der Waals surface area contributed by atoms with Gasteiger partial charge in [-0.1, -0.05) is 20.8 Å². The van der Waals surface area contributed by atoms with Gasteiger partial charge in [0.05, 0.1) is 0 Å². The molecule has 1 rings (SSSR count). The van der Waals surface area contributed by atoms with Gasteiger partial charge < -0.3 is 5.43 Å². The van der Waals surface area contributed by atoms with Crippen LogP contribution in [0.2, 0.25) is 0 Å². The van der Waals surface area contributed by atoms with Crippen molar-refractivity contribution in [1.82, 2.24) is 5.43 Å². The Balaban J connectivity index is 2.15. The van der Waals surface area contributed by atoms with Crippen LogP contribution in [0, 0.1) is 5.41 Å². The van der Waals surface area contributed by atoms with Crippen LogP contribution in [0.4, 0.5) is 0 Å². The number of hydrazone groups is 1. The molecule has 1 N–H and O–H groups in total. The second-order valence-corrected chi connectivity index (χ2v) is 4.03. The third kappa shape index (κ3) is 3.49. The molecule has 2 nitrogen and oxygen atoms in total. The van der Waals surface area contributed by atoms with E-state index in [0.717, 1.165) is 0 Å². The van der Waals surface area contributed by atoms with E-state index in [-0.39, 0.29) is 5.41 Å². The lowest BCUT2D eigenvalue weighted by atomic mass is 9.99. The lowest BCUT2D eigenvalue weighted by Gasteiger charge is -2.09. The van der Waals surface area contributed by atoms with E-state index in [1.54, 1.807) is 0 Å². The summed E-state index contributed by atoms with van der Waals surface area (Å²) in [6.07, 6.45) is 4.55. The summed E-state index contributed by atoms with van der Waals surface area (Å²) in [5.41, 5.74) is 3.29. The molecule has 10 heavy (non-hydrogen) atoms. The van der Waals surface area contributed by atoms with Gasteiger partial charge in [0, 0.05) is 12.3 Å². The van der Waals surface area contributed by atoms with Crippen LogP contribution in [0.1, 0.15) is 33.6 Å². The minimum atomic E-state index is 0.210. The number of hydrogen-bond donors (Lipinski definition) is 1. The molecule has 0 aliphatic heterocycles. The zero-order chi connectivity index (χ0) is 7.61. The fourth-order valence-electron chi connectivity index (χ4n) is 0.549. The van der Waals surface area contributed by atoms with Crippen LogP contribution < -0.4 is 5.43 Å². The third-order valence-electron chi connectivity index (χ3n) is 1.29. The summed E-state index contributed by atoms with van der Waals surface area (Å²) in [4.78, 5) is 0. The van der Waals surface area contributed by atoms with Gasteiger partial charge >= 0.3 is 0 Å². The Bertz CT molecular complexity index is 129. The lowest BCUT2D eigenvalue weighted by molar-refractivity contribution is 0.594. The van der Waals surface area contributed by atoms with E-state index in [0.29, 0.717) is 6.04 Å². The Morgan fingerprint density at radius 1 is 1.40 bits per heavy atom. The van der Waals surface area contributed by atoms with E-state index in [4.69, 9.17) is 0 Å². The van der Waals surface area contributed by atoms with E-state index in [1.165, 1.54) is 12.8 Å². The Hall–Kier alpha value is -0.530. The highest BCUT2D eigenvalue weighted by Gasteiger charge is 2.19. The molecular formula is C8H16N2. The first-order chi connectivity index (χ1) is 4.58. The Morgan fingerprint density at radius 3 is 2.40 bits per heavy atom. The number of rotatable bonds is 2. The number of nitrogens with one attached hydrogen (secondary N) is 1. The van der Waals surface area contributed by atoms with E-state index in [2.05, 4.69) is 31.3 Å². The Morgan fingerprint density at radius 2 is 2.00 bits per heavy atom. The van der Waals surface area contributed by atoms with Gasteiger partial charge in [-0.15, -0.1) is 0 Å². The van der Waals surface area contributed by atoms with Crippen molar-refractivity contribution in [3.8, 4) is 0 Å². The number of nitrogens with zero attached hydrogens (tertiary/aromatic N) is 1. The van der Waals surface area contributed by atoms with Crippen molar-refractivity contribution < 1.29 is 0 Å². The Kier molecular flexibility index (Phi) is 1.97. The van der Waals surface area contributed by atoms with Crippen LogP contribution in [0.25, 0.3) is 0 Å². The normalized spacial score (nSPS) is 19.9. The molecular weight excluding hydrogens is 124 g/mol. The van der Waals surface area contributed by atoms with Crippen molar-refractivity contribution in [2.45, 2.75) is 39.7 Å². The largest absolute Gasteiger partial charge is 0.307 e. The highest BCUT2D eigenvalue weighted by atomic mass is 15.3. The summed E-state index contributed by atoms with van der Waals surface area (Å²) in [5.74, 6) is 0. The molecule has 1 saturated carbocycles. The molecule has 0 saturated heterocycles. The standard InChI is InChI=1S/C8H16N2/c1-8(2,3)6-9-10-7-4-5-7/h6-7,10H,4-5H2,1-3H3/b9-6+. The maximum absolute atomic E-state index is 4.13. The molecule has 0 aromatic rings. The first kappa shape index (κ1) is 7.58. The van der Waals surface area contributed by atoms with Crippen LogP contribution in [0.3, 0.4) is 0 Å². The van der Waals surface area contributed by atoms with Crippen molar-refractivity contribution in [3.63, 3.8) is 0 Å². The molecule has 0 aromatic carbocycles. The summed E-state index contributed by atoms with van der Waals surface area (Å²) in [6, 6.07) is 0.679. The van der Waals surface area contributed by atoms with E-state index < -0.39 is 0 Å². The van der Waals surface area contributed by atoms with E-state index in [9.17, 15) is 0 Å². The van der Waals surface area contributed by atoms with Crippen molar-refractivity contribution in [3.05, 3.63) is 0 Å². The molecule has 1 aliphatic carbocycles. The van der Waals surface area contributed by atoms with Gasteiger partial charge in [-0.3, -0.25) is 0 Å². The molecule has 1 fully saturated rings. The summed E-state index contributed by atoms with van der Waals surface area (Å²) in [5, 5.41) is 4.13. The fraction of sp³-hybridized carbons (Fsp3) is 0.875. The van der Waals surface area contributed by atoms with Gasteiger partial charge in [0.1, 0.15) is 0 Å². The van der Waals surface area contributed by atoms with Gasteiger partial charge in [-0.2, -0.15) is 5.10 Å². The van der Waals surface area contributed by atoms with Crippen LogP contribution in [0.5, 0.6) is 0 Å². The van der Waals surface area contributed by atoms with E-state index in [1.807, 2.05) is 6.21 Å². The SMILES string of the molecule is CC(C)(C)/C=N/NC1CC1. The van der Waals surface area contributed by atoms with E-state index >= 15 is 0 Å².